The van der Waals surface area contributed by atoms with Gasteiger partial charge in [0, 0.05) is 4.47 Å². The smallest absolute Gasteiger partial charge is 0.261 e. The Morgan fingerprint density at radius 3 is 2.40 bits per heavy atom. The van der Waals surface area contributed by atoms with E-state index >= 15 is 0 Å². The predicted molar refractivity (Wildman–Crippen MR) is 80.8 cm³/mol. The van der Waals surface area contributed by atoms with Crippen molar-refractivity contribution in [1.29, 1.82) is 5.26 Å². The van der Waals surface area contributed by atoms with Gasteiger partial charge in [-0.25, -0.2) is 8.42 Å². The van der Waals surface area contributed by atoms with Gasteiger partial charge in [-0.15, -0.1) is 0 Å². The lowest BCUT2D eigenvalue weighted by atomic mass is 10.2. The van der Waals surface area contributed by atoms with Gasteiger partial charge in [0.1, 0.15) is 0 Å². The number of halogens is 1. The van der Waals surface area contributed by atoms with Crippen molar-refractivity contribution in [2.24, 2.45) is 0 Å². The van der Waals surface area contributed by atoms with Crippen LogP contribution in [0.25, 0.3) is 0 Å². The number of nitriles is 1. The highest BCUT2D eigenvalue weighted by Gasteiger charge is 2.15. The zero-order chi connectivity index (χ0) is 14.8. The number of nitrogens with one attached hydrogen (secondary N) is 1. The zero-order valence-corrected chi connectivity index (χ0v) is 13.0. The van der Waals surface area contributed by atoms with Crippen LogP contribution in [0.2, 0.25) is 0 Å². The molecule has 0 atom stereocenters. The Kier molecular flexibility index (Phi) is 4.12. The van der Waals surface area contributed by atoms with Crippen molar-refractivity contribution in [3.8, 4) is 6.07 Å². The average Bonchev–Trinajstić information content (AvgIpc) is 2.43. The molecule has 0 spiro atoms. The topological polar surface area (TPSA) is 70.0 Å². The van der Waals surface area contributed by atoms with Crippen molar-refractivity contribution in [3.05, 3.63) is 58.1 Å². The second-order valence-corrected chi connectivity index (χ2v) is 6.80. The van der Waals surface area contributed by atoms with Crippen LogP contribution in [-0.4, -0.2) is 8.42 Å². The summed E-state index contributed by atoms with van der Waals surface area (Å²) in [6, 6.07) is 13.1. The molecule has 102 valence electrons. The van der Waals surface area contributed by atoms with E-state index in [0.29, 0.717) is 11.3 Å². The summed E-state index contributed by atoms with van der Waals surface area (Å²) in [5, 5.41) is 8.71. The number of benzene rings is 2. The zero-order valence-electron chi connectivity index (χ0n) is 10.6. The highest BCUT2D eigenvalue weighted by atomic mass is 79.9. The molecule has 0 saturated heterocycles. The quantitative estimate of drug-likeness (QED) is 0.921. The summed E-state index contributed by atoms with van der Waals surface area (Å²) in [7, 11) is -3.66. The van der Waals surface area contributed by atoms with Crippen LogP contribution in [0.5, 0.6) is 0 Å². The summed E-state index contributed by atoms with van der Waals surface area (Å²) in [4.78, 5) is 0.121. The van der Waals surface area contributed by atoms with Gasteiger partial charge in [-0.05, 0) is 48.9 Å². The number of anilines is 1. The van der Waals surface area contributed by atoms with Gasteiger partial charge in [0.05, 0.1) is 22.2 Å². The number of hydrogen-bond donors (Lipinski definition) is 1. The molecule has 2 aromatic rings. The summed E-state index contributed by atoms with van der Waals surface area (Å²) in [6.45, 7) is 1.82. The van der Waals surface area contributed by atoms with Crippen LogP contribution in [0.4, 0.5) is 5.69 Å². The van der Waals surface area contributed by atoms with Crippen molar-refractivity contribution in [2.45, 2.75) is 11.8 Å². The van der Waals surface area contributed by atoms with Gasteiger partial charge in [0.15, 0.2) is 0 Å². The molecule has 2 aromatic carbocycles. The molecule has 1 N–H and O–H groups in total. The predicted octanol–water partition coefficient (Wildman–Crippen LogP) is 3.43. The van der Waals surface area contributed by atoms with Gasteiger partial charge in [-0.1, -0.05) is 22.0 Å². The first-order chi connectivity index (χ1) is 9.42. The van der Waals surface area contributed by atoms with Gasteiger partial charge < -0.3 is 0 Å². The van der Waals surface area contributed by atoms with E-state index < -0.39 is 10.0 Å². The molecule has 0 bridgehead atoms. The lowest BCUT2D eigenvalue weighted by molar-refractivity contribution is 0.601. The van der Waals surface area contributed by atoms with E-state index in [1.54, 1.807) is 6.07 Å². The number of nitrogens with zero attached hydrogens (tertiary/aromatic N) is 1. The Balaban J connectivity index is 2.35. The molecule has 0 unspecified atom stereocenters. The molecule has 0 aliphatic rings. The Morgan fingerprint density at radius 2 is 1.80 bits per heavy atom. The van der Waals surface area contributed by atoms with Gasteiger partial charge in [-0.2, -0.15) is 5.26 Å². The summed E-state index contributed by atoms with van der Waals surface area (Å²) in [6.07, 6.45) is 0. The number of hydrogen-bond acceptors (Lipinski definition) is 3. The second kappa shape index (κ2) is 5.65. The first kappa shape index (κ1) is 14.6. The molecule has 2 rings (SSSR count). The molecule has 0 amide bonds. The number of aryl methyl sites for hydroxylation is 1. The maximum Gasteiger partial charge on any atom is 0.261 e. The van der Waals surface area contributed by atoms with Crippen LogP contribution in [0.1, 0.15) is 11.1 Å². The van der Waals surface area contributed by atoms with Crippen LogP contribution in [0.15, 0.2) is 51.8 Å². The second-order valence-electron chi connectivity index (χ2n) is 4.20. The molecule has 0 aliphatic carbocycles. The standard InChI is InChI=1S/C14H11BrN2O2S/c1-10-2-5-12(15)8-14(10)17-20(18,19)13-6-3-11(9-16)4-7-13/h2-8,17H,1H3. The van der Waals surface area contributed by atoms with Crippen molar-refractivity contribution < 1.29 is 8.42 Å². The Morgan fingerprint density at radius 1 is 1.15 bits per heavy atom. The van der Waals surface area contributed by atoms with Crippen molar-refractivity contribution in [1.82, 2.24) is 0 Å². The highest BCUT2D eigenvalue weighted by Crippen LogP contribution is 2.23. The Hall–Kier alpha value is -1.84. The van der Waals surface area contributed by atoms with Gasteiger partial charge in [0.2, 0.25) is 0 Å². The van der Waals surface area contributed by atoms with E-state index in [0.717, 1.165) is 10.0 Å². The first-order valence-corrected chi connectivity index (χ1v) is 7.99. The SMILES string of the molecule is Cc1ccc(Br)cc1NS(=O)(=O)c1ccc(C#N)cc1. The number of rotatable bonds is 3. The molecule has 0 aromatic heterocycles. The van der Waals surface area contributed by atoms with E-state index in [9.17, 15) is 8.42 Å². The Bertz CT molecular complexity index is 778. The summed E-state index contributed by atoms with van der Waals surface area (Å²) < 4.78 is 27.8. The van der Waals surface area contributed by atoms with Gasteiger partial charge in [0.25, 0.3) is 10.0 Å². The third-order valence-corrected chi connectivity index (χ3v) is 4.61. The van der Waals surface area contributed by atoms with E-state index in [-0.39, 0.29) is 4.90 Å². The monoisotopic (exact) mass is 350 g/mol. The maximum absolute atomic E-state index is 12.3. The lowest BCUT2D eigenvalue weighted by Gasteiger charge is -2.11. The molecule has 0 fully saturated rings. The largest absolute Gasteiger partial charge is 0.279 e. The number of sulfonamides is 1. The average molecular weight is 351 g/mol. The van der Waals surface area contributed by atoms with E-state index in [1.165, 1.54) is 24.3 Å². The Labute approximate surface area is 126 Å². The minimum Gasteiger partial charge on any atom is -0.279 e. The van der Waals surface area contributed by atoms with Crippen LogP contribution >= 0.6 is 15.9 Å². The highest BCUT2D eigenvalue weighted by molar-refractivity contribution is 9.10. The van der Waals surface area contributed by atoms with E-state index in [2.05, 4.69) is 20.7 Å². The van der Waals surface area contributed by atoms with Crippen molar-refractivity contribution in [3.63, 3.8) is 0 Å². The minimum atomic E-state index is -3.66. The van der Waals surface area contributed by atoms with Crippen LogP contribution in [0, 0.1) is 18.3 Å². The normalized spacial score (nSPS) is 10.8. The third kappa shape index (κ3) is 3.18. The molecular weight excluding hydrogens is 340 g/mol. The molecule has 0 aliphatic heterocycles. The van der Waals surface area contributed by atoms with Crippen LogP contribution < -0.4 is 4.72 Å². The van der Waals surface area contributed by atoms with Crippen LogP contribution in [0.3, 0.4) is 0 Å². The van der Waals surface area contributed by atoms with E-state index in [4.69, 9.17) is 5.26 Å². The first-order valence-electron chi connectivity index (χ1n) is 5.71. The molecule has 0 heterocycles. The molecular formula is C14H11BrN2O2S. The molecule has 0 saturated carbocycles. The summed E-state index contributed by atoms with van der Waals surface area (Å²) in [5.74, 6) is 0. The third-order valence-electron chi connectivity index (χ3n) is 2.74. The minimum absolute atomic E-state index is 0.121. The lowest BCUT2D eigenvalue weighted by Crippen LogP contribution is -2.13. The molecule has 0 radical (unpaired) electrons. The van der Waals surface area contributed by atoms with Crippen LogP contribution in [-0.2, 0) is 10.0 Å². The maximum atomic E-state index is 12.3. The van der Waals surface area contributed by atoms with Crippen molar-refractivity contribution >= 4 is 31.6 Å². The molecule has 20 heavy (non-hydrogen) atoms. The fourth-order valence-electron chi connectivity index (χ4n) is 1.62. The fourth-order valence-corrected chi connectivity index (χ4v) is 3.10. The van der Waals surface area contributed by atoms with E-state index in [1.807, 2.05) is 25.1 Å². The summed E-state index contributed by atoms with van der Waals surface area (Å²) in [5.41, 5.74) is 1.76. The van der Waals surface area contributed by atoms with Gasteiger partial charge in [-0.3, -0.25) is 4.72 Å². The molecule has 6 heteroatoms. The summed E-state index contributed by atoms with van der Waals surface area (Å²) >= 11 is 3.31. The van der Waals surface area contributed by atoms with Crippen molar-refractivity contribution in [2.75, 3.05) is 4.72 Å². The van der Waals surface area contributed by atoms with Gasteiger partial charge >= 0.3 is 0 Å². The fraction of sp³-hybridized carbons (Fsp3) is 0.0714. The molecule has 4 nitrogen and oxygen atoms in total.